The third kappa shape index (κ3) is 3.96. The predicted molar refractivity (Wildman–Crippen MR) is 86.5 cm³/mol. The topological polar surface area (TPSA) is 83.8 Å². The van der Waals surface area contributed by atoms with Gasteiger partial charge in [-0.25, -0.2) is 9.78 Å². The molecule has 1 aliphatic rings. The Kier molecular flexibility index (Phi) is 4.44. The summed E-state index contributed by atoms with van der Waals surface area (Å²) in [6.07, 6.45) is 3.29. The van der Waals surface area contributed by atoms with E-state index in [-0.39, 0.29) is 11.6 Å². The molecule has 0 saturated carbocycles. The first-order chi connectivity index (χ1) is 11.0. The summed E-state index contributed by atoms with van der Waals surface area (Å²) in [4.78, 5) is 18.5. The maximum Gasteiger partial charge on any atom is 0.320 e. The molecule has 23 heavy (non-hydrogen) atoms. The van der Waals surface area contributed by atoms with Gasteiger partial charge in [0.15, 0.2) is 5.65 Å². The second kappa shape index (κ2) is 6.51. The highest BCUT2D eigenvalue weighted by atomic mass is 16.5. The molecule has 0 aliphatic carbocycles. The second-order valence-electron chi connectivity index (χ2n) is 6.20. The zero-order valence-electron chi connectivity index (χ0n) is 13.5. The van der Waals surface area contributed by atoms with E-state index in [2.05, 4.69) is 39.5 Å². The van der Waals surface area contributed by atoms with Gasteiger partial charge in [0.25, 0.3) is 0 Å². The van der Waals surface area contributed by atoms with Gasteiger partial charge in [-0.1, -0.05) is 0 Å². The summed E-state index contributed by atoms with van der Waals surface area (Å²) in [5.41, 5.74) is 0.571. The summed E-state index contributed by atoms with van der Waals surface area (Å²) >= 11 is 0. The Hall–Kier alpha value is -2.19. The average molecular weight is 318 g/mol. The lowest BCUT2D eigenvalue weighted by molar-refractivity contribution is -0.0852. The van der Waals surface area contributed by atoms with Crippen LogP contribution in [0.25, 0.3) is 5.65 Å². The van der Waals surface area contributed by atoms with Gasteiger partial charge in [-0.15, -0.1) is 0 Å². The van der Waals surface area contributed by atoms with Crippen molar-refractivity contribution < 1.29 is 9.53 Å². The van der Waals surface area contributed by atoms with E-state index in [0.717, 1.165) is 26.2 Å². The van der Waals surface area contributed by atoms with Gasteiger partial charge in [0, 0.05) is 38.4 Å². The van der Waals surface area contributed by atoms with Gasteiger partial charge in [0.05, 0.1) is 18.4 Å². The molecule has 2 N–H and O–H groups in total. The van der Waals surface area contributed by atoms with Crippen molar-refractivity contribution in [3.8, 4) is 0 Å². The molecule has 1 aliphatic heterocycles. The molecule has 2 aromatic rings. The molecule has 0 unspecified atom stereocenters. The summed E-state index contributed by atoms with van der Waals surface area (Å²) < 4.78 is 7.27. The van der Waals surface area contributed by atoms with Crippen LogP contribution in [0.4, 0.5) is 10.6 Å². The van der Waals surface area contributed by atoms with Crippen molar-refractivity contribution in [2.24, 2.45) is 0 Å². The number of ether oxygens (including phenoxy) is 1. The Balaban J connectivity index is 1.47. The smallest absolute Gasteiger partial charge is 0.320 e. The molecule has 8 nitrogen and oxygen atoms in total. The van der Waals surface area contributed by atoms with Crippen molar-refractivity contribution in [1.29, 1.82) is 0 Å². The van der Waals surface area contributed by atoms with E-state index in [0.29, 0.717) is 18.0 Å². The van der Waals surface area contributed by atoms with E-state index in [9.17, 15) is 4.79 Å². The number of carbonyl (C=O) groups excluding carboxylic acids is 1. The van der Waals surface area contributed by atoms with E-state index < -0.39 is 0 Å². The number of fused-ring (bicyclic) bond motifs is 1. The lowest BCUT2D eigenvalue weighted by atomic mass is 10.1. The molecule has 124 valence electrons. The fourth-order valence-electron chi connectivity index (χ4n) is 2.72. The van der Waals surface area contributed by atoms with Crippen molar-refractivity contribution >= 4 is 17.5 Å². The maximum atomic E-state index is 12.0. The predicted octanol–water partition coefficient (Wildman–Crippen LogP) is 0.962. The SMILES string of the molecule is CC1(C)CN(CCNC(=O)Nc2ccnc3ccnn23)CCO1. The van der Waals surface area contributed by atoms with Crippen molar-refractivity contribution in [2.75, 3.05) is 38.1 Å². The van der Waals surface area contributed by atoms with Crippen LogP contribution in [0.1, 0.15) is 13.8 Å². The van der Waals surface area contributed by atoms with E-state index in [1.165, 1.54) is 0 Å². The lowest BCUT2D eigenvalue weighted by Crippen LogP contribution is -2.50. The molecule has 0 radical (unpaired) electrons. The summed E-state index contributed by atoms with van der Waals surface area (Å²) in [5, 5.41) is 9.79. The van der Waals surface area contributed by atoms with E-state index in [4.69, 9.17) is 4.74 Å². The highest BCUT2D eigenvalue weighted by Gasteiger charge is 2.26. The van der Waals surface area contributed by atoms with Crippen LogP contribution in [0, 0.1) is 0 Å². The van der Waals surface area contributed by atoms with Crippen LogP contribution in [0.2, 0.25) is 0 Å². The second-order valence-corrected chi connectivity index (χ2v) is 6.20. The monoisotopic (exact) mass is 318 g/mol. The number of aromatic nitrogens is 3. The summed E-state index contributed by atoms with van der Waals surface area (Å²) in [5.74, 6) is 0.588. The van der Waals surface area contributed by atoms with Crippen molar-refractivity contribution in [2.45, 2.75) is 19.4 Å². The van der Waals surface area contributed by atoms with Crippen LogP contribution < -0.4 is 10.6 Å². The number of nitrogens with zero attached hydrogens (tertiary/aromatic N) is 4. The molecule has 8 heteroatoms. The number of rotatable bonds is 4. The quantitative estimate of drug-likeness (QED) is 0.877. The number of urea groups is 1. The van der Waals surface area contributed by atoms with Crippen LogP contribution in [0.15, 0.2) is 24.5 Å². The summed E-state index contributed by atoms with van der Waals surface area (Å²) in [6, 6.07) is 3.24. The van der Waals surface area contributed by atoms with E-state index in [1.54, 1.807) is 29.0 Å². The van der Waals surface area contributed by atoms with E-state index >= 15 is 0 Å². The zero-order valence-corrected chi connectivity index (χ0v) is 13.5. The maximum absolute atomic E-state index is 12.0. The van der Waals surface area contributed by atoms with Crippen molar-refractivity contribution in [3.05, 3.63) is 24.5 Å². The lowest BCUT2D eigenvalue weighted by Gasteiger charge is -2.38. The molecule has 3 heterocycles. The molecule has 0 atom stereocenters. The molecule has 0 aromatic carbocycles. The number of nitrogens with one attached hydrogen (secondary N) is 2. The minimum absolute atomic E-state index is 0.122. The zero-order chi connectivity index (χ0) is 16.3. The normalized spacial score (nSPS) is 18.0. The van der Waals surface area contributed by atoms with Gasteiger partial charge < -0.3 is 10.1 Å². The van der Waals surface area contributed by atoms with Crippen LogP contribution in [-0.2, 0) is 4.74 Å². The third-order valence-electron chi connectivity index (χ3n) is 3.75. The Morgan fingerprint density at radius 2 is 2.26 bits per heavy atom. The minimum atomic E-state index is -0.250. The van der Waals surface area contributed by atoms with Gasteiger partial charge >= 0.3 is 6.03 Å². The summed E-state index contributed by atoms with van der Waals surface area (Å²) in [6.45, 7) is 8.03. The third-order valence-corrected chi connectivity index (χ3v) is 3.75. The standard InChI is InChI=1S/C15H22N6O2/c1-15(2)11-20(9-10-23-15)8-7-17-14(22)19-13-3-5-16-12-4-6-18-21(12)13/h3-6H,7-11H2,1-2H3,(H2,17,19,22). The minimum Gasteiger partial charge on any atom is -0.373 e. The first-order valence-electron chi connectivity index (χ1n) is 7.73. The molecule has 0 bridgehead atoms. The number of carbonyl (C=O) groups is 1. The Labute approximate surface area is 134 Å². The number of hydrogen-bond donors (Lipinski definition) is 2. The molecule has 3 rings (SSSR count). The van der Waals surface area contributed by atoms with Crippen molar-refractivity contribution in [1.82, 2.24) is 24.8 Å². The largest absolute Gasteiger partial charge is 0.373 e. The van der Waals surface area contributed by atoms with Gasteiger partial charge in [0.1, 0.15) is 5.82 Å². The van der Waals surface area contributed by atoms with Gasteiger partial charge in [-0.05, 0) is 19.9 Å². The highest BCUT2D eigenvalue weighted by molar-refractivity contribution is 5.88. The Morgan fingerprint density at radius 3 is 3.09 bits per heavy atom. The van der Waals surface area contributed by atoms with Gasteiger partial charge in [-0.2, -0.15) is 9.61 Å². The van der Waals surface area contributed by atoms with Crippen LogP contribution in [-0.4, -0.2) is 63.9 Å². The number of morpholine rings is 1. The van der Waals surface area contributed by atoms with Crippen LogP contribution in [0.3, 0.4) is 0 Å². The molecule has 1 fully saturated rings. The average Bonchev–Trinajstić information content (AvgIpc) is 2.96. The fourth-order valence-corrected chi connectivity index (χ4v) is 2.72. The first kappa shape index (κ1) is 15.7. The number of hydrogen-bond acceptors (Lipinski definition) is 5. The Bertz CT molecular complexity index is 683. The molecular formula is C15H22N6O2. The number of amides is 2. The fraction of sp³-hybridized carbons (Fsp3) is 0.533. The van der Waals surface area contributed by atoms with Crippen molar-refractivity contribution in [3.63, 3.8) is 0 Å². The Morgan fingerprint density at radius 1 is 1.39 bits per heavy atom. The summed E-state index contributed by atoms with van der Waals surface area (Å²) in [7, 11) is 0. The van der Waals surface area contributed by atoms with Gasteiger partial charge in [0.2, 0.25) is 0 Å². The van der Waals surface area contributed by atoms with Crippen LogP contribution >= 0.6 is 0 Å². The number of anilines is 1. The van der Waals surface area contributed by atoms with Gasteiger partial charge in [-0.3, -0.25) is 10.2 Å². The van der Waals surface area contributed by atoms with E-state index in [1.807, 2.05) is 0 Å². The molecule has 1 saturated heterocycles. The molecule has 2 aromatic heterocycles. The molecule has 2 amide bonds. The molecule has 0 spiro atoms. The first-order valence-corrected chi connectivity index (χ1v) is 7.73. The highest BCUT2D eigenvalue weighted by Crippen LogP contribution is 2.15. The van der Waals surface area contributed by atoms with Crippen LogP contribution in [0.5, 0.6) is 0 Å². The molecular weight excluding hydrogens is 296 g/mol.